The molecule has 1 unspecified atom stereocenters. The Labute approximate surface area is 154 Å². The van der Waals surface area contributed by atoms with Crippen molar-refractivity contribution in [3.63, 3.8) is 0 Å². The first kappa shape index (κ1) is 19.8. The zero-order valence-electron chi connectivity index (χ0n) is 15.7. The molecule has 5 nitrogen and oxygen atoms in total. The highest BCUT2D eigenvalue weighted by atomic mass is 16.5. The highest BCUT2D eigenvalue weighted by Gasteiger charge is 2.20. The van der Waals surface area contributed by atoms with Crippen LogP contribution in [0.25, 0.3) is 0 Å². The van der Waals surface area contributed by atoms with Crippen LogP contribution in [0.4, 0.5) is 0 Å². The fraction of sp³-hybridized carbons (Fsp3) is 0.381. The van der Waals surface area contributed by atoms with E-state index in [0.29, 0.717) is 5.75 Å². The second kappa shape index (κ2) is 8.23. The number of benzene rings is 2. The number of hydrogen-bond donors (Lipinski definition) is 3. The zero-order chi connectivity index (χ0) is 19.4. The molecule has 0 heterocycles. The first-order chi connectivity index (χ1) is 12.2. The van der Waals surface area contributed by atoms with Crippen molar-refractivity contribution in [1.29, 1.82) is 0 Å². The Kier molecular flexibility index (Phi) is 6.27. The molecule has 5 heteroatoms. The number of phenolic OH excluding ortho intramolecular Hbond substituents is 1. The predicted molar refractivity (Wildman–Crippen MR) is 102 cm³/mol. The lowest BCUT2D eigenvalue weighted by molar-refractivity contribution is -0.138. The molecule has 140 valence electrons. The number of rotatable bonds is 7. The number of ether oxygens (including phenoxy) is 1. The Hall–Kier alpha value is -2.53. The minimum Gasteiger partial charge on any atom is -0.508 e. The van der Waals surface area contributed by atoms with Gasteiger partial charge in [-0.05, 0) is 59.2 Å². The van der Waals surface area contributed by atoms with Crippen LogP contribution >= 0.6 is 0 Å². The highest BCUT2D eigenvalue weighted by Crippen LogP contribution is 2.39. The number of aromatic hydroxyl groups is 1. The summed E-state index contributed by atoms with van der Waals surface area (Å²) in [5, 5.41) is 18.6. The van der Waals surface area contributed by atoms with Crippen LogP contribution in [0.2, 0.25) is 0 Å². The van der Waals surface area contributed by atoms with Crippen LogP contribution in [0.15, 0.2) is 36.4 Å². The molecule has 0 amide bonds. The molecule has 0 saturated heterocycles. The van der Waals surface area contributed by atoms with Gasteiger partial charge in [-0.15, -0.1) is 0 Å². The van der Waals surface area contributed by atoms with Crippen molar-refractivity contribution in [2.45, 2.75) is 52.0 Å². The summed E-state index contributed by atoms with van der Waals surface area (Å²) < 4.78 is 6.17. The Morgan fingerprint density at radius 3 is 1.96 bits per heavy atom. The SMILES string of the molecule is CC(C)c1cc(CC(N)C(=O)O)cc(C(C)C)c1Oc1ccc(O)cc1. The molecule has 1 atom stereocenters. The maximum absolute atomic E-state index is 11.1. The number of nitrogens with two attached hydrogens (primary N) is 1. The third-order valence-electron chi connectivity index (χ3n) is 4.28. The second-order valence-electron chi connectivity index (χ2n) is 7.16. The zero-order valence-corrected chi connectivity index (χ0v) is 15.7. The minimum absolute atomic E-state index is 0.184. The topological polar surface area (TPSA) is 92.8 Å². The molecular formula is C21H27NO4. The lowest BCUT2D eigenvalue weighted by atomic mass is 9.89. The van der Waals surface area contributed by atoms with Crippen LogP contribution < -0.4 is 10.5 Å². The van der Waals surface area contributed by atoms with Crippen molar-refractivity contribution < 1.29 is 19.7 Å². The molecule has 0 fully saturated rings. The number of phenols is 1. The summed E-state index contributed by atoms with van der Waals surface area (Å²) in [6.45, 7) is 8.29. The molecule has 0 bridgehead atoms. The van der Waals surface area contributed by atoms with E-state index in [2.05, 4.69) is 27.7 Å². The van der Waals surface area contributed by atoms with E-state index >= 15 is 0 Å². The number of hydrogen-bond acceptors (Lipinski definition) is 4. The third kappa shape index (κ3) is 4.76. The van der Waals surface area contributed by atoms with Gasteiger partial charge in [0.1, 0.15) is 23.3 Å². The summed E-state index contributed by atoms with van der Waals surface area (Å²) >= 11 is 0. The van der Waals surface area contributed by atoms with Crippen LogP contribution in [0.1, 0.15) is 56.2 Å². The largest absolute Gasteiger partial charge is 0.508 e. The van der Waals surface area contributed by atoms with Gasteiger partial charge in [0.15, 0.2) is 0 Å². The summed E-state index contributed by atoms with van der Waals surface area (Å²) in [4.78, 5) is 11.1. The quantitative estimate of drug-likeness (QED) is 0.683. The maximum Gasteiger partial charge on any atom is 0.320 e. The highest BCUT2D eigenvalue weighted by molar-refractivity contribution is 5.73. The lowest BCUT2D eigenvalue weighted by Crippen LogP contribution is -2.32. The van der Waals surface area contributed by atoms with Gasteiger partial charge in [-0.2, -0.15) is 0 Å². The molecule has 2 aromatic carbocycles. The maximum atomic E-state index is 11.1. The monoisotopic (exact) mass is 357 g/mol. The van der Waals surface area contributed by atoms with Gasteiger partial charge in [0.2, 0.25) is 0 Å². The van der Waals surface area contributed by atoms with Crippen LogP contribution in [0.3, 0.4) is 0 Å². The van der Waals surface area contributed by atoms with E-state index in [1.807, 2.05) is 12.1 Å². The van der Waals surface area contributed by atoms with Crippen molar-refractivity contribution in [3.8, 4) is 17.2 Å². The smallest absolute Gasteiger partial charge is 0.320 e. The van der Waals surface area contributed by atoms with E-state index in [1.54, 1.807) is 24.3 Å². The van der Waals surface area contributed by atoms with Gasteiger partial charge in [-0.3, -0.25) is 4.79 Å². The average Bonchev–Trinajstić information content (AvgIpc) is 2.57. The molecule has 2 aromatic rings. The molecule has 0 aromatic heterocycles. The van der Waals surface area contributed by atoms with Gasteiger partial charge in [0.05, 0.1) is 0 Å². The van der Waals surface area contributed by atoms with Crippen molar-refractivity contribution in [1.82, 2.24) is 0 Å². The van der Waals surface area contributed by atoms with Gasteiger partial charge in [0.25, 0.3) is 0 Å². The molecule has 0 aliphatic rings. The van der Waals surface area contributed by atoms with Crippen molar-refractivity contribution in [3.05, 3.63) is 53.1 Å². The molecule has 4 N–H and O–H groups in total. The van der Waals surface area contributed by atoms with Gasteiger partial charge in [0, 0.05) is 0 Å². The number of aliphatic carboxylic acids is 1. The summed E-state index contributed by atoms with van der Waals surface area (Å²) in [5.41, 5.74) is 8.64. The fourth-order valence-corrected chi connectivity index (χ4v) is 2.81. The van der Waals surface area contributed by atoms with Gasteiger partial charge < -0.3 is 20.7 Å². The summed E-state index contributed by atoms with van der Waals surface area (Å²) in [6.07, 6.45) is 0.272. The molecule has 2 rings (SSSR count). The van der Waals surface area contributed by atoms with Crippen molar-refractivity contribution >= 4 is 5.97 Å². The van der Waals surface area contributed by atoms with E-state index in [1.165, 1.54) is 0 Å². The average molecular weight is 357 g/mol. The van der Waals surface area contributed by atoms with Crippen LogP contribution in [-0.4, -0.2) is 22.2 Å². The number of carboxylic acids is 1. The summed E-state index contributed by atoms with van der Waals surface area (Å²) in [7, 11) is 0. The third-order valence-corrected chi connectivity index (χ3v) is 4.28. The van der Waals surface area contributed by atoms with Crippen molar-refractivity contribution in [2.75, 3.05) is 0 Å². The van der Waals surface area contributed by atoms with Crippen LogP contribution in [0, 0.1) is 0 Å². The molecule has 0 radical (unpaired) electrons. The Morgan fingerprint density at radius 2 is 1.54 bits per heavy atom. The predicted octanol–water partition coefficient (Wildman–Crippen LogP) is 4.39. The Bertz CT molecular complexity index is 737. The number of carboxylic acid groups (broad SMARTS) is 1. The Balaban J connectivity index is 2.50. The van der Waals surface area contributed by atoms with E-state index in [0.717, 1.165) is 22.4 Å². The van der Waals surface area contributed by atoms with E-state index in [-0.39, 0.29) is 24.0 Å². The van der Waals surface area contributed by atoms with Crippen LogP contribution in [0.5, 0.6) is 17.2 Å². The van der Waals surface area contributed by atoms with E-state index in [9.17, 15) is 9.90 Å². The molecule has 0 aliphatic carbocycles. The van der Waals surface area contributed by atoms with Gasteiger partial charge in [-0.1, -0.05) is 39.8 Å². The molecular weight excluding hydrogens is 330 g/mol. The van der Waals surface area contributed by atoms with Gasteiger partial charge >= 0.3 is 5.97 Å². The van der Waals surface area contributed by atoms with Crippen molar-refractivity contribution in [2.24, 2.45) is 5.73 Å². The van der Waals surface area contributed by atoms with E-state index in [4.69, 9.17) is 15.6 Å². The molecule has 0 aliphatic heterocycles. The summed E-state index contributed by atoms with van der Waals surface area (Å²) in [6, 6.07) is 9.64. The normalized spacial score (nSPS) is 12.4. The molecule has 0 saturated carbocycles. The number of carbonyl (C=O) groups is 1. The first-order valence-electron chi connectivity index (χ1n) is 8.81. The van der Waals surface area contributed by atoms with Crippen LogP contribution in [-0.2, 0) is 11.2 Å². The minimum atomic E-state index is -1.01. The summed E-state index contributed by atoms with van der Waals surface area (Å²) in [5.74, 6) is 0.992. The van der Waals surface area contributed by atoms with Gasteiger partial charge in [-0.25, -0.2) is 0 Å². The fourth-order valence-electron chi connectivity index (χ4n) is 2.81. The molecule has 0 spiro atoms. The van der Waals surface area contributed by atoms with E-state index < -0.39 is 12.0 Å². The standard InChI is InChI=1S/C21H27NO4/c1-12(2)17-9-14(11-19(22)21(24)25)10-18(13(3)4)20(17)26-16-7-5-15(23)6-8-16/h5-10,12-13,19,23H,11,22H2,1-4H3,(H,24,25). The Morgan fingerprint density at radius 1 is 1.04 bits per heavy atom. The second-order valence-corrected chi connectivity index (χ2v) is 7.16. The lowest BCUT2D eigenvalue weighted by Gasteiger charge is -2.22. The molecule has 26 heavy (non-hydrogen) atoms. The first-order valence-corrected chi connectivity index (χ1v) is 8.81.